The van der Waals surface area contributed by atoms with Crippen molar-refractivity contribution < 1.29 is 14.5 Å². The maximum atomic E-state index is 12.5. The number of ether oxygens (including phenoxy) is 1. The second-order valence-corrected chi connectivity index (χ2v) is 6.27. The van der Waals surface area contributed by atoms with Gasteiger partial charge in [0.15, 0.2) is 0 Å². The van der Waals surface area contributed by atoms with Gasteiger partial charge in [0.05, 0.1) is 28.2 Å². The lowest BCUT2D eigenvalue weighted by Gasteiger charge is -2.31. The average molecular weight is 331 g/mol. The van der Waals surface area contributed by atoms with E-state index in [1.165, 1.54) is 12.1 Å². The molecule has 7 nitrogen and oxygen atoms in total. The third-order valence-electron chi connectivity index (χ3n) is 4.74. The summed E-state index contributed by atoms with van der Waals surface area (Å²) in [4.78, 5) is 24.8. The number of nitrogens with zero attached hydrogens (tertiary/aromatic N) is 3. The third kappa shape index (κ3) is 3.04. The van der Waals surface area contributed by atoms with Crippen LogP contribution in [0.25, 0.3) is 0 Å². The number of nitro benzene ring substituents is 1. The maximum Gasteiger partial charge on any atom is 0.314 e. The third-order valence-corrected chi connectivity index (χ3v) is 4.74. The van der Waals surface area contributed by atoms with Crippen LogP contribution in [0.4, 0.5) is 11.4 Å². The molecule has 2 rings (SSSR count). The lowest BCUT2D eigenvalue weighted by atomic mass is 9.76. The molecule has 1 unspecified atom stereocenters. The normalized spacial score (nSPS) is 20.0. The molecule has 1 aliphatic rings. The van der Waals surface area contributed by atoms with Crippen molar-refractivity contribution in [2.45, 2.75) is 27.2 Å². The number of carbonyl (C=O) groups excluding carboxylic acids is 1. The Hall–Kier alpha value is -2.62. The van der Waals surface area contributed by atoms with E-state index in [2.05, 4.69) is 0 Å². The van der Waals surface area contributed by atoms with Gasteiger partial charge in [0.25, 0.3) is 5.69 Å². The molecule has 0 N–H and O–H groups in total. The number of nitro groups is 1. The molecule has 1 aliphatic heterocycles. The molecule has 1 fully saturated rings. The molecule has 1 heterocycles. The molecule has 0 spiro atoms. The minimum absolute atomic E-state index is 0.0881. The Kier molecular flexibility index (Phi) is 5.07. The lowest BCUT2D eigenvalue weighted by Crippen LogP contribution is -2.40. The standard InChI is InChI=1S/C17H21N3O4/c1-4-24-16(21)17(12(2)3)7-8-19(11-17)15-6-5-14(20(22)23)9-13(15)10-18/h5-6,9,12H,4,7-8,11H2,1-3H3. The molecule has 128 valence electrons. The van der Waals surface area contributed by atoms with Crippen LogP contribution in [-0.2, 0) is 9.53 Å². The minimum atomic E-state index is -0.621. The molecule has 0 amide bonds. The smallest absolute Gasteiger partial charge is 0.314 e. The van der Waals surface area contributed by atoms with Gasteiger partial charge < -0.3 is 9.64 Å². The number of hydrogen-bond acceptors (Lipinski definition) is 6. The van der Waals surface area contributed by atoms with E-state index in [0.717, 1.165) is 0 Å². The molecule has 1 aromatic rings. The minimum Gasteiger partial charge on any atom is -0.466 e. The summed E-state index contributed by atoms with van der Waals surface area (Å²) in [7, 11) is 0. The van der Waals surface area contributed by atoms with Gasteiger partial charge in [0, 0.05) is 25.2 Å². The maximum absolute atomic E-state index is 12.5. The van der Waals surface area contributed by atoms with Gasteiger partial charge in [-0.15, -0.1) is 0 Å². The number of rotatable bonds is 5. The van der Waals surface area contributed by atoms with Crippen molar-refractivity contribution in [2.24, 2.45) is 11.3 Å². The SMILES string of the molecule is CCOC(=O)C1(C(C)C)CCN(c2ccc([N+](=O)[O-])cc2C#N)C1. The summed E-state index contributed by atoms with van der Waals surface area (Å²) in [6, 6.07) is 6.26. The fraction of sp³-hybridized carbons (Fsp3) is 0.529. The molecular formula is C17H21N3O4. The Morgan fingerprint density at radius 2 is 2.25 bits per heavy atom. The van der Waals surface area contributed by atoms with Gasteiger partial charge in [-0.3, -0.25) is 14.9 Å². The molecule has 0 radical (unpaired) electrons. The van der Waals surface area contributed by atoms with E-state index in [1.54, 1.807) is 13.0 Å². The van der Waals surface area contributed by atoms with E-state index in [1.807, 2.05) is 24.8 Å². The highest BCUT2D eigenvalue weighted by Crippen LogP contribution is 2.42. The lowest BCUT2D eigenvalue weighted by molar-refractivity contribution is -0.384. The summed E-state index contributed by atoms with van der Waals surface area (Å²) in [6.45, 7) is 7.12. The zero-order chi connectivity index (χ0) is 17.9. The number of hydrogen-bond donors (Lipinski definition) is 0. The molecular weight excluding hydrogens is 310 g/mol. The van der Waals surface area contributed by atoms with E-state index < -0.39 is 10.3 Å². The molecule has 0 aliphatic carbocycles. The summed E-state index contributed by atoms with van der Waals surface area (Å²) in [5.41, 5.74) is 0.127. The van der Waals surface area contributed by atoms with Crippen LogP contribution < -0.4 is 4.90 Å². The number of non-ortho nitro benzene ring substituents is 1. The zero-order valence-electron chi connectivity index (χ0n) is 14.1. The van der Waals surface area contributed by atoms with Crippen molar-refractivity contribution in [3.05, 3.63) is 33.9 Å². The topological polar surface area (TPSA) is 96.5 Å². The first kappa shape index (κ1) is 17.7. The van der Waals surface area contributed by atoms with Crippen LogP contribution in [0, 0.1) is 32.8 Å². The number of anilines is 1. The zero-order valence-corrected chi connectivity index (χ0v) is 14.1. The summed E-state index contributed by atoms with van der Waals surface area (Å²) >= 11 is 0. The van der Waals surface area contributed by atoms with E-state index >= 15 is 0 Å². The number of esters is 1. The number of nitriles is 1. The molecule has 0 saturated carbocycles. The van der Waals surface area contributed by atoms with Crippen molar-refractivity contribution >= 4 is 17.3 Å². The van der Waals surface area contributed by atoms with Crippen LogP contribution in [-0.4, -0.2) is 30.6 Å². The Morgan fingerprint density at radius 1 is 1.54 bits per heavy atom. The molecule has 1 aromatic carbocycles. The van der Waals surface area contributed by atoms with E-state index in [0.29, 0.717) is 31.8 Å². The van der Waals surface area contributed by atoms with E-state index in [9.17, 15) is 20.2 Å². The summed E-state index contributed by atoms with van der Waals surface area (Å²) in [5.74, 6) is -0.131. The van der Waals surface area contributed by atoms with Crippen LogP contribution in [0.15, 0.2) is 18.2 Å². The molecule has 0 aromatic heterocycles. The largest absolute Gasteiger partial charge is 0.466 e. The van der Waals surface area contributed by atoms with Crippen LogP contribution in [0.5, 0.6) is 0 Å². The van der Waals surface area contributed by atoms with Crippen LogP contribution in [0.2, 0.25) is 0 Å². The molecule has 1 saturated heterocycles. The van der Waals surface area contributed by atoms with Gasteiger partial charge in [-0.1, -0.05) is 13.8 Å². The highest BCUT2D eigenvalue weighted by Gasteiger charge is 2.48. The van der Waals surface area contributed by atoms with Gasteiger partial charge in [0.1, 0.15) is 6.07 Å². The Balaban J connectivity index is 2.34. The van der Waals surface area contributed by atoms with Gasteiger partial charge in [-0.25, -0.2) is 0 Å². The quantitative estimate of drug-likeness (QED) is 0.467. The highest BCUT2D eigenvalue weighted by atomic mass is 16.6. The van der Waals surface area contributed by atoms with E-state index in [4.69, 9.17) is 4.74 Å². The van der Waals surface area contributed by atoms with Crippen LogP contribution in [0.1, 0.15) is 32.8 Å². The van der Waals surface area contributed by atoms with Crippen molar-refractivity contribution in [1.29, 1.82) is 5.26 Å². The van der Waals surface area contributed by atoms with Crippen molar-refractivity contribution in [3.63, 3.8) is 0 Å². The number of carbonyl (C=O) groups is 1. The molecule has 7 heteroatoms. The highest BCUT2D eigenvalue weighted by molar-refractivity contribution is 5.79. The predicted molar refractivity (Wildman–Crippen MR) is 88.5 cm³/mol. The second-order valence-electron chi connectivity index (χ2n) is 6.27. The molecule has 0 bridgehead atoms. The fourth-order valence-electron chi connectivity index (χ4n) is 3.19. The Labute approximate surface area is 141 Å². The second kappa shape index (κ2) is 6.87. The van der Waals surface area contributed by atoms with Gasteiger partial charge in [-0.05, 0) is 25.3 Å². The van der Waals surface area contributed by atoms with Crippen LogP contribution >= 0.6 is 0 Å². The average Bonchev–Trinajstić information content (AvgIpc) is 3.01. The fourth-order valence-corrected chi connectivity index (χ4v) is 3.19. The first-order valence-corrected chi connectivity index (χ1v) is 7.96. The van der Waals surface area contributed by atoms with Gasteiger partial charge in [-0.2, -0.15) is 5.26 Å². The Morgan fingerprint density at radius 3 is 2.79 bits per heavy atom. The predicted octanol–water partition coefficient (Wildman–Crippen LogP) is 2.88. The molecule has 1 atom stereocenters. The van der Waals surface area contributed by atoms with Gasteiger partial charge in [0.2, 0.25) is 0 Å². The summed E-state index contributed by atoms with van der Waals surface area (Å²) in [6.07, 6.45) is 0.630. The molecule has 24 heavy (non-hydrogen) atoms. The summed E-state index contributed by atoms with van der Waals surface area (Å²) in [5, 5.41) is 20.2. The van der Waals surface area contributed by atoms with Crippen LogP contribution in [0.3, 0.4) is 0 Å². The van der Waals surface area contributed by atoms with Crippen molar-refractivity contribution in [1.82, 2.24) is 0 Å². The van der Waals surface area contributed by atoms with Crippen molar-refractivity contribution in [2.75, 3.05) is 24.6 Å². The van der Waals surface area contributed by atoms with Crippen molar-refractivity contribution in [3.8, 4) is 6.07 Å². The monoisotopic (exact) mass is 331 g/mol. The van der Waals surface area contributed by atoms with E-state index in [-0.39, 0.29) is 23.1 Å². The first-order valence-electron chi connectivity index (χ1n) is 7.96. The first-order chi connectivity index (χ1) is 11.4. The Bertz CT molecular complexity index is 696. The number of benzene rings is 1. The summed E-state index contributed by atoms with van der Waals surface area (Å²) < 4.78 is 5.26. The van der Waals surface area contributed by atoms with Gasteiger partial charge >= 0.3 is 5.97 Å².